The molecule has 0 bridgehead atoms. The van der Waals surface area contributed by atoms with Gasteiger partial charge in [0.15, 0.2) is 0 Å². The van der Waals surface area contributed by atoms with E-state index in [1.54, 1.807) is 0 Å². The normalized spacial score (nSPS) is 11.8. The lowest BCUT2D eigenvalue weighted by atomic mass is 10.1. The molecule has 0 N–H and O–H groups in total. The van der Waals surface area contributed by atoms with Gasteiger partial charge in [-0.3, -0.25) is 4.68 Å². The van der Waals surface area contributed by atoms with E-state index in [0.717, 1.165) is 4.68 Å². The third-order valence-electron chi connectivity index (χ3n) is 2.24. The number of benzene rings is 1. The molecule has 2 nitrogen and oxygen atoms in total. The van der Waals surface area contributed by atoms with E-state index in [-0.39, 0.29) is 5.69 Å². The van der Waals surface area contributed by atoms with Crippen molar-refractivity contribution in [3.8, 4) is 11.3 Å². The standard InChI is InChI=1S/C11H7BrF4N2/c12-9-5-17-18(6-11(14,15)16)10(9)7-1-3-8(13)4-2-7/h1-5H,6H2. The largest absolute Gasteiger partial charge is 0.408 e. The van der Waals surface area contributed by atoms with Crippen molar-refractivity contribution in [2.45, 2.75) is 12.7 Å². The number of hydrogen-bond acceptors (Lipinski definition) is 1. The van der Waals surface area contributed by atoms with Crippen molar-refractivity contribution in [1.82, 2.24) is 9.78 Å². The molecule has 0 amide bonds. The monoisotopic (exact) mass is 322 g/mol. The first kappa shape index (κ1) is 13.1. The molecule has 2 rings (SSSR count). The Morgan fingerprint density at radius 2 is 1.78 bits per heavy atom. The number of hydrogen-bond donors (Lipinski definition) is 0. The Balaban J connectivity index is 2.43. The number of alkyl halides is 3. The molecule has 18 heavy (non-hydrogen) atoms. The van der Waals surface area contributed by atoms with Gasteiger partial charge in [0.25, 0.3) is 0 Å². The SMILES string of the molecule is Fc1ccc(-c2c(Br)cnn2CC(F)(F)F)cc1. The van der Waals surface area contributed by atoms with Crippen molar-refractivity contribution in [2.75, 3.05) is 0 Å². The zero-order chi connectivity index (χ0) is 13.3. The van der Waals surface area contributed by atoms with E-state index < -0.39 is 18.5 Å². The highest BCUT2D eigenvalue weighted by atomic mass is 79.9. The van der Waals surface area contributed by atoms with Gasteiger partial charge in [-0.15, -0.1) is 0 Å². The van der Waals surface area contributed by atoms with Crippen LogP contribution in [0.5, 0.6) is 0 Å². The van der Waals surface area contributed by atoms with Gasteiger partial charge in [0, 0.05) is 5.56 Å². The second-order valence-electron chi connectivity index (χ2n) is 3.62. The van der Waals surface area contributed by atoms with Gasteiger partial charge in [-0.1, -0.05) is 0 Å². The topological polar surface area (TPSA) is 17.8 Å². The van der Waals surface area contributed by atoms with Crippen LogP contribution in [-0.4, -0.2) is 16.0 Å². The third kappa shape index (κ3) is 2.90. The van der Waals surface area contributed by atoms with E-state index in [0.29, 0.717) is 10.0 Å². The molecule has 0 fully saturated rings. The minimum atomic E-state index is -4.36. The molecule has 1 aromatic carbocycles. The molecule has 0 aliphatic heterocycles. The maximum absolute atomic E-state index is 12.8. The number of nitrogens with zero attached hydrogens (tertiary/aromatic N) is 2. The fourth-order valence-electron chi connectivity index (χ4n) is 1.55. The number of halogens is 5. The summed E-state index contributed by atoms with van der Waals surface area (Å²) in [5.41, 5.74) is 0.734. The van der Waals surface area contributed by atoms with Crippen LogP contribution in [0.2, 0.25) is 0 Å². The maximum atomic E-state index is 12.8. The Morgan fingerprint density at radius 1 is 1.17 bits per heavy atom. The Bertz CT molecular complexity index is 545. The van der Waals surface area contributed by atoms with Crippen molar-refractivity contribution < 1.29 is 17.6 Å². The van der Waals surface area contributed by atoms with Gasteiger partial charge in [0.2, 0.25) is 0 Å². The van der Waals surface area contributed by atoms with Crippen molar-refractivity contribution in [3.05, 3.63) is 40.8 Å². The van der Waals surface area contributed by atoms with E-state index in [1.165, 1.54) is 30.5 Å². The summed E-state index contributed by atoms with van der Waals surface area (Å²) in [6, 6.07) is 5.19. The van der Waals surface area contributed by atoms with Crippen LogP contribution in [0.1, 0.15) is 0 Å². The molecule has 7 heteroatoms. The minimum absolute atomic E-state index is 0.271. The highest BCUT2D eigenvalue weighted by molar-refractivity contribution is 9.10. The van der Waals surface area contributed by atoms with Crippen LogP contribution in [0.3, 0.4) is 0 Å². The van der Waals surface area contributed by atoms with Crippen LogP contribution < -0.4 is 0 Å². The molecule has 0 atom stereocenters. The fraction of sp³-hybridized carbons (Fsp3) is 0.182. The summed E-state index contributed by atoms with van der Waals surface area (Å²) in [7, 11) is 0. The molecule has 1 aromatic heterocycles. The van der Waals surface area contributed by atoms with Gasteiger partial charge in [-0.2, -0.15) is 18.3 Å². The average molecular weight is 323 g/mol. The van der Waals surface area contributed by atoms with Gasteiger partial charge >= 0.3 is 6.18 Å². The molecule has 96 valence electrons. The maximum Gasteiger partial charge on any atom is 0.408 e. The Hall–Kier alpha value is -1.37. The van der Waals surface area contributed by atoms with E-state index in [4.69, 9.17) is 0 Å². The molecule has 0 saturated carbocycles. The van der Waals surface area contributed by atoms with Crippen molar-refractivity contribution in [1.29, 1.82) is 0 Å². The van der Waals surface area contributed by atoms with Crippen LogP contribution in [0, 0.1) is 5.82 Å². The molecule has 0 spiro atoms. The number of rotatable bonds is 2. The first-order chi connectivity index (χ1) is 8.37. The Morgan fingerprint density at radius 3 is 2.33 bits per heavy atom. The lowest BCUT2D eigenvalue weighted by Crippen LogP contribution is -2.19. The zero-order valence-corrected chi connectivity index (χ0v) is 10.5. The summed E-state index contributed by atoms with van der Waals surface area (Å²) in [4.78, 5) is 0. The van der Waals surface area contributed by atoms with Gasteiger partial charge in [0.1, 0.15) is 12.4 Å². The van der Waals surface area contributed by atoms with Gasteiger partial charge in [-0.05, 0) is 40.2 Å². The van der Waals surface area contributed by atoms with Crippen LogP contribution in [-0.2, 0) is 6.54 Å². The summed E-state index contributed by atoms with van der Waals surface area (Å²) in [5.74, 6) is -0.447. The molecule has 0 saturated heterocycles. The zero-order valence-electron chi connectivity index (χ0n) is 8.88. The first-order valence-corrected chi connectivity index (χ1v) is 5.70. The molecule has 0 unspecified atom stereocenters. The van der Waals surface area contributed by atoms with E-state index in [9.17, 15) is 17.6 Å². The molecule has 2 aromatic rings. The second kappa shape index (κ2) is 4.72. The average Bonchev–Trinajstić information content (AvgIpc) is 2.59. The summed E-state index contributed by atoms with van der Waals surface area (Å²) >= 11 is 3.14. The minimum Gasteiger partial charge on any atom is -0.255 e. The number of aromatic nitrogens is 2. The second-order valence-corrected chi connectivity index (χ2v) is 4.48. The van der Waals surface area contributed by atoms with E-state index in [1.807, 2.05) is 0 Å². The summed E-state index contributed by atoms with van der Waals surface area (Å²) < 4.78 is 51.2. The van der Waals surface area contributed by atoms with Gasteiger partial charge in [-0.25, -0.2) is 4.39 Å². The van der Waals surface area contributed by atoms with E-state index >= 15 is 0 Å². The predicted octanol–water partition coefficient (Wildman–Crippen LogP) is 4.01. The summed E-state index contributed by atoms with van der Waals surface area (Å²) in [6.07, 6.45) is -3.08. The highest BCUT2D eigenvalue weighted by Gasteiger charge is 2.30. The van der Waals surface area contributed by atoms with Crippen molar-refractivity contribution in [2.24, 2.45) is 0 Å². The Kier molecular flexibility index (Phi) is 3.43. The molecular weight excluding hydrogens is 316 g/mol. The molecule has 0 radical (unpaired) electrons. The smallest absolute Gasteiger partial charge is 0.255 e. The molecule has 0 aliphatic carbocycles. The molecule has 0 aliphatic rings. The fourth-order valence-corrected chi connectivity index (χ4v) is 2.07. The van der Waals surface area contributed by atoms with Crippen molar-refractivity contribution in [3.63, 3.8) is 0 Å². The first-order valence-electron chi connectivity index (χ1n) is 4.91. The summed E-state index contributed by atoms with van der Waals surface area (Å²) in [6.45, 7) is -1.19. The van der Waals surface area contributed by atoms with Crippen LogP contribution in [0.4, 0.5) is 17.6 Å². The highest BCUT2D eigenvalue weighted by Crippen LogP contribution is 2.30. The molecular formula is C11H7BrF4N2. The molecule has 1 heterocycles. The van der Waals surface area contributed by atoms with Crippen molar-refractivity contribution >= 4 is 15.9 Å². The lowest BCUT2D eigenvalue weighted by Gasteiger charge is -2.10. The third-order valence-corrected chi connectivity index (χ3v) is 2.82. The van der Waals surface area contributed by atoms with Crippen LogP contribution >= 0.6 is 15.9 Å². The van der Waals surface area contributed by atoms with Crippen LogP contribution in [0.25, 0.3) is 11.3 Å². The van der Waals surface area contributed by atoms with E-state index in [2.05, 4.69) is 21.0 Å². The summed E-state index contributed by atoms with van der Waals surface area (Å²) in [5, 5.41) is 3.66. The quantitative estimate of drug-likeness (QED) is 0.764. The predicted molar refractivity (Wildman–Crippen MR) is 61.4 cm³/mol. The van der Waals surface area contributed by atoms with Gasteiger partial charge < -0.3 is 0 Å². The Labute approximate surface area is 108 Å². The van der Waals surface area contributed by atoms with Crippen LogP contribution in [0.15, 0.2) is 34.9 Å². The van der Waals surface area contributed by atoms with Gasteiger partial charge in [0.05, 0.1) is 16.4 Å². The lowest BCUT2D eigenvalue weighted by molar-refractivity contribution is -0.142.